The van der Waals surface area contributed by atoms with E-state index in [2.05, 4.69) is 13.8 Å². The third-order valence-electron chi connectivity index (χ3n) is 5.88. The van der Waals surface area contributed by atoms with Crippen LogP contribution in [-0.2, 0) is 9.47 Å². The van der Waals surface area contributed by atoms with E-state index in [9.17, 15) is 0 Å². The van der Waals surface area contributed by atoms with Crippen LogP contribution in [0.1, 0.15) is 52.4 Å². The first-order chi connectivity index (χ1) is 7.64. The Morgan fingerprint density at radius 2 is 1.19 bits per heavy atom. The van der Waals surface area contributed by atoms with Gasteiger partial charge in [0.25, 0.3) is 0 Å². The zero-order chi connectivity index (χ0) is 11.0. The maximum Gasteiger partial charge on any atom is 0.0952 e. The third kappa shape index (κ3) is 1.10. The first-order valence-electron chi connectivity index (χ1n) is 7.00. The lowest BCUT2D eigenvalue weighted by Gasteiger charge is -2.37. The van der Waals surface area contributed by atoms with E-state index in [0.717, 1.165) is 11.8 Å². The molecule has 4 aliphatic rings. The van der Waals surface area contributed by atoms with Crippen LogP contribution in [-0.4, -0.2) is 23.4 Å². The molecule has 0 radical (unpaired) electrons. The van der Waals surface area contributed by atoms with Gasteiger partial charge in [0, 0.05) is 0 Å². The van der Waals surface area contributed by atoms with Crippen LogP contribution in [0, 0.1) is 11.8 Å². The van der Waals surface area contributed by atoms with E-state index in [0.29, 0.717) is 12.2 Å². The average Bonchev–Trinajstić information content (AvgIpc) is 3.09. The lowest BCUT2D eigenvalue weighted by atomic mass is 9.64. The molecule has 0 bridgehead atoms. The van der Waals surface area contributed by atoms with Crippen LogP contribution in [0.3, 0.4) is 0 Å². The van der Waals surface area contributed by atoms with E-state index in [4.69, 9.17) is 9.47 Å². The van der Waals surface area contributed by atoms with Crippen LogP contribution >= 0.6 is 0 Å². The molecule has 2 saturated heterocycles. The molecular weight excluding hydrogens is 200 g/mol. The maximum atomic E-state index is 5.99. The van der Waals surface area contributed by atoms with Gasteiger partial charge in [-0.15, -0.1) is 0 Å². The minimum absolute atomic E-state index is 0.222. The molecule has 6 unspecified atom stereocenters. The fourth-order valence-electron chi connectivity index (χ4n) is 4.71. The van der Waals surface area contributed by atoms with Crippen molar-refractivity contribution in [2.75, 3.05) is 0 Å². The number of fused-ring (bicyclic) bond motifs is 2. The van der Waals surface area contributed by atoms with Crippen molar-refractivity contribution >= 4 is 0 Å². The van der Waals surface area contributed by atoms with Crippen LogP contribution in [0.5, 0.6) is 0 Å². The molecule has 2 saturated carbocycles. The van der Waals surface area contributed by atoms with Crippen molar-refractivity contribution in [1.82, 2.24) is 0 Å². The second-order valence-corrected chi connectivity index (χ2v) is 6.66. The van der Waals surface area contributed by atoms with E-state index < -0.39 is 0 Å². The molecule has 0 aromatic carbocycles. The third-order valence-corrected chi connectivity index (χ3v) is 5.88. The molecule has 0 aromatic heterocycles. The molecule has 2 aliphatic heterocycles. The van der Waals surface area contributed by atoms with Crippen LogP contribution in [0.4, 0.5) is 0 Å². The molecule has 6 atom stereocenters. The summed E-state index contributed by atoms with van der Waals surface area (Å²) in [7, 11) is 0. The van der Waals surface area contributed by atoms with E-state index in [1.807, 2.05) is 0 Å². The van der Waals surface area contributed by atoms with E-state index in [1.54, 1.807) is 0 Å². The largest absolute Gasteiger partial charge is 0.366 e. The summed E-state index contributed by atoms with van der Waals surface area (Å²) < 4.78 is 12.0. The van der Waals surface area contributed by atoms with Gasteiger partial charge in [-0.25, -0.2) is 0 Å². The molecule has 0 aromatic rings. The quantitative estimate of drug-likeness (QED) is 0.637. The predicted molar refractivity (Wildman–Crippen MR) is 61.2 cm³/mol. The van der Waals surface area contributed by atoms with Gasteiger partial charge in [-0.2, -0.15) is 0 Å². The minimum atomic E-state index is 0.222. The minimum Gasteiger partial charge on any atom is -0.366 e. The molecule has 2 nitrogen and oxygen atoms in total. The van der Waals surface area contributed by atoms with Gasteiger partial charge in [0.15, 0.2) is 0 Å². The van der Waals surface area contributed by atoms with Gasteiger partial charge in [-0.3, -0.25) is 0 Å². The van der Waals surface area contributed by atoms with E-state index >= 15 is 0 Å². The highest BCUT2D eigenvalue weighted by atomic mass is 16.6. The zero-order valence-corrected chi connectivity index (χ0v) is 10.4. The van der Waals surface area contributed by atoms with Crippen molar-refractivity contribution in [2.24, 2.45) is 11.8 Å². The number of rotatable bonds is 1. The molecule has 2 heterocycles. The summed E-state index contributed by atoms with van der Waals surface area (Å²) in [6, 6.07) is 0. The molecule has 16 heavy (non-hydrogen) atoms. The van der Waals surface area contributed by atoms with Crippen LogP contribution < -0.4 is 0 Å². The summed E-state index contributed by atoms with van der Waals surface area (Å²) in [6.07, 6.45) is 9.20. The number of hydrogen-bond donors (Lipinski definition) is 0. The van der Waals surface area contributed by atoms with E-state index in [1.165, 1.54) is 38.5 Å². The average molecular weight is 222 g/mol. The van der Waals surface area contributed by atoms with Gasteiger partial charge in [0.05, 0.1) is 23.4 Å². The highest BCUT2D eigenvalue weighted by Gasteiger charge is 2.68. The summed E-state index contributed by atoms with van der Waals surface area (Å²) in [5.74, 6) is 1.53. The molecule has 4 fully saturated rings. The summed E-state index contributed by atoms with van der Waals surface area (Å²) in [6.45, 7) is 4.69. The molecule has 90 valence electrons. The summed E-state index contributed by atoms with van der Waals surface area (Å²) in [5, 5.41) is 0. The van der Waals surface area contributed by atoms with Gasteiger partial charge in [0.2, 0.25) is 0 Å². The van der Waals surface area contributed by atoms with Gasteiger partial charge in [-0.1, -0.05) is 12.8 Å². The summed E-state index contributed by atoms with van der Waals surface area (Å²) in [5.41, 5.74) is 0.444. The SMILES string of the molecule is CC12OC1CCCC2C1CCCC2OC21C. The number of ether oxygens (including phenoxy) is 2. The maximum absolute atomic E-state index is 5.99. The molecular formula is C14H22O2. The molecule has 0 N–H and O–H groups in total. The van der Waals surface area contributed by atoms with Gasteiger partial charge >= 0.3 is 0 Å². The molecule has 0 amide bonds. The first-order valence-corrected chi connectivity index (χ1v) is 7.00. The van der Waals surface area contributed by atoms with Crippen molar-refractivity contribution < 1.29 is 9.47 Å². The smallest absolute Gasteiger partial charge is 0.0952 e. The standard InChI is InChI=1S/C14H22O2/c1-13-9(5-3-7-11(13)15-13)10-6-4-8-12-14(10,2)16-12/h9-12H,3-8H2,1-2H3. The van der Waals surface area contributed by atoms with Gasteiger partial charge in [0.1, 0.15) is 0 Å². The van der Waals surface area contributed by atoms with Crippen molar-refractivity contribution in [2.45, 2.75) is 75.8 Å². The van der Waals surface area contributed by atoms with Crippen LogP contribution in [0.15, 0.2) is 0 Å². The Hall–Kier alpha value is -0.0800. The highest BCUT2D eigenvalue weighted by molar-refractivity contribution is 5.16. The highest BCUT2D eigenvalue weighted by Crippen LogP contribution is 2.62. The fraction of sp³-hybridized carbons (Fsp3) is 1.00. The topological polar surface area (TPSA) is 25.1 Å². The first kappa shape index (κ1) is 9.90. The van der Waals surface area contributed by atoms with Crippen LogP contribution in [0.25, 0.3) is 0 Å². The van der Waals surface area contributed by atoms with E-state index in [-0.39, 0.29) is 11.2 Å². The van der Waals surface area contributed by atoms with Crippen molar-refractivity contribution in [3.8, 4) is 0 Å². The van der Waals surface area contributed by atoms with Crippen molar-refractivity contribution in [1.29, 1.82) is 0 Å². The monoisotopic (exact) mass is 222 g/mol. The van der Waals surface area contributed by atoms with Gasteiger partial charge < -0.3 is 9.47 Å². The molecule has 0 spiro atoms. The summed E-state index contributed by atoms with van der Waals surface area (Å²) in [4.78, 5) is 0. The molecule has 4 rings (SSSR count). The number of hydrogen-bond acceptors (Lipinski definition) is 2. The Morgan fingerprint density at radius 3 is 1.62 bits per heavy atom. The molecule has 2 heteroatoms. The Kier molecular flexibility index (Phi) is 1.76. The zero-order valence-electron chi connectivity index (χ0n) is 10.4. The Bertz CT molecular complexity index is 297. The fourth-order valence-corrected chi connectivity index (χ4v) is 4.71. The normalized spacial score (nSPS) is 63.4. The van der Waals surface area contributed by atoms with Gasteiger partial charge in [-0.05, 0) is 51.4 Å². The van der Waals surface area contributed by atoms with Crippen molar-refractivity contribution in [3.05, 3.63) is 0 Å². The Morgan fingerprint density at radius 1 is 0.750 bits per heavy atom. The Balaban J connectivity index is 1.60. The molecule has 2 aliphatic carbocycles. The second kappa shape index (κ2) is 2.84. The summed E-state index contributed by atoms with van der Waals surface area (Å²) >= 11 is 0. The lowest BCUT2D eigenvalue weighted by Crippen LogP contribution is -2.42. The van der Waals surface area contributed by atoms with Crippen molar-refractivity contribution in [3.63, 3.8) is 0 Å². The lowest BCUT2D eigenvalue weighted by molar-refractivity contribution is 0.0881. The predicted octanol–water partition coefficient (Wildman–Crippen LogP) is 2.90. The number of epoxide rings is 2. The second-order valence-electron chi connectivity index (χ2n) is 6.66. The van der Waals surface area contributed by atoms with Crippen LogP contribution in [0.2, 0.25) is 0 Å². The Labute approximate surface area is 97.7 Å².